The molecule has 0 bridgehead atoms. The molecule has 0 radical (unpaired) electrons. The van der Waals surface area contributed by atoms with Crippen LogP contribution in [0.2, 0.25) is 0 Å². The Kier molecular flexibility index (Phi) is 4.85. The predicted molar refractivity (Wildman–Crippen MR) is 73.4 cm³/mol. The number of rotatable bonds is 4. The number of amides is 1. The fraction of sp³-hybridized carbons (Fsp3) is 0.500. The molecule has 1 fully saturated rings. The summed E-state index contributed by atoms with van der Waals surface area (Å²) in [4.78, 5) is 21.6. The molecule has 1 aliphatic rings. The lowest BCUT2D eigenvalue weighted by Gasteiger charge is -2.25. The molecule has 0 saturated heterocycles. The van der Waals surface area contributed by atoms with Gasteiger partial charge < -0.3 is 10.4 Å². The normalized spacial score (nSPS) is 21.8. The van der Waals surface area contributed by atoms with E-state index in [-0.39, 0.29) is 11.7 Å². The van der Waals surface area contributed by atoms with Crippen LogP contribution in [0.15, 0.2) is 18.2 Å². The third-order valence-corrected chi connectivity index (χ3v) is 3.77. The lowest BCUT2D eigenvalue weighted by Crippen LogP contribution is -2.32. The zero-order valence-electron chi connectivity index (χ0n) is 11.4. The summed E-state index contributed by atoms with van der Waals surface area (Å²) in [5.74, 6) is -1.16. The van der Waals surface area contributed by atoms with Crippen LogP contribution in [-0.4, -0.2) is 28.6 Å². The molecule has 1 aliphatic carbocycles. The van der Waals surface area contributed by atoms with E-state index in [4.69, 9.17) is 0 Å². The van der Waals surface area contributed by atoms with Crippen molar-refractivity contribution in [2.45, 2.75) is 31.8 Å². The summed E-state index contributed by atoms with van der Waals surface area (Å²) in [6.45, 7) is 0.462. The number of hydrogen-bond acceptors (Lipinski definition) is 4. The van der Waals surface area contributed by atoms with Gasteiger partial charge in [-0.2, -0.15) is 4.39 Å². The van der Waals surface area contributed by atoms with Crippen molar-refractivity contribution in [1.29, 1.82) is 0 Å². The Morgan fingerprint density at radius 1 is 1.38 bits per heavy atom. The predicted octanol–water partition coefficient (Wildman–Crippen LogP) is 2.01. The first-order valence-corrected chi connectivity index (χ1v) is 6.87. The summed E-state index contributed by atoms with van der Waals surface area (Å²) in [5, 5.41) is 22.6. The first-order chi connectivity index (χ1) is 9.97. The van der Waals surface area contributed by atoms with E-state index in [1.807, 2.05) is 0 Å². The fourth-order valence-corrected chi connectivity index (χ4v) is 2.48. The van der Waals surface area contributed by atoms with Gasteiger partial charge in [-0.05, 0) is 43.7 Å². The first-order valence-electron chi connectivity index (χ1n) is 6.87. The van der Waals surface area contributed by atoms with Crippen LogP contribution in [0, 0.1) is 21.8 Å². The second-order valence-corrected chi connectivity index (χ2v) is 5.31. The van der Waals surface area contributed by atoms with Crippen molar-refractivity contribution in [3.05, 3.63) is 39.7 Å². The van der Waals surface area contributed by atoms with E-state index >= 15 is 0 Å². The average Bonchev–Trinajstić information content (AvgIpc) is 2.45. The van der Waals surface area contributed by atoms with Crippen LogP contribution in [0.1, 0.15) is 36.0 Å². The molecule has 2 rings (SSSR count). The van der Waals surface area contributed by atoms with Crippen molar-refractivity contribution in [2.75, 3.05) is 6.54 Å². The molecule has 0 spiro atoms. The summed E-state index contributed by atoms with van der Waals surface area (Å²) in [5.41, 5.74) is -0.582. The van der Waals surface area contributed by atoms with Gasteiger partial charge in [0.2, 0.25) is 5.82 Å². The van der Waals surface area contributed by atoms with Gasteiger partial charge in [0.25, 0.3) is 5.91 Å². The number of halogens is 1. The summed E-state index contributed by atoms with van der Waals surface area (Å²) in [6, 6.07) is 3.10. The topological polar surface area (TPSA) is 92.5 Å². The van der Waals surface area contributed by atoms with Gasteiger partial charge in [0.15, 0.2) is 0 Å². The average molecular weight is 296 g/mol. The van der Waals surface area contributed by atoms with Gasteiger partial charge in [-0.15, -0.1) is 0 Å². The van der Waals surface area contributed by atoms with Crippen molar-refractivity contribution in [2.24, 2.45) is 5.92 Å². The van der Waals surface area contributed by atoms with E-state index in [9.17, 15) is 24.4 Å². The molecule has 0 unspecified atom stereocenters. The molecule has 1 aromatic rings. The number of aliphatic hydroxyl groups excluding tert-OH is 1. The number of nitrogens with zero attached hydrogens (tertiary/aromatic N) is 1. The number of nitro benzene ring substituents is 1. The maximum Gasteiger partial charge on any atom is 0.304 e. The molecule has 114 valence electrons. The fourth-order valence-electron chi connectivity index (χ4n) is 2.48. The Morgan fingerprint density at radius 3 is 2.62 bits per heavy atom. The van der Waals surface area contributed by atoms with Crippen molar-refractivity contribution in [3.8, 4) is 0 Å². The van der Waals surface area contributed by atoms with Crippen molar-refractivity contribution in [1.82, 2.24) is 5.32 Å². The van der Waals surface area contributed by atoms with Crippen LogP contribution in [0.4, 0.5) is 10.1 Å². The van der Waals surface area contributed by atoms with Crippen LogP contribution in [0.25, 0.3) is 0 Å². The van der Waals surface area contributed by atoms with Gasteiger partial charge in [0.1, 0.15) is 0 Å². The third-order valence-electron chi connectivity index (χ3n) is 3.77. The van der Waals surface area contributed by atoms with Crippen molar-refractivity contribution in [3.63, 3.8) is 0 Å². The summed E-state index contributed by atoms with van der Waals surface area (Å²) >= 11 is 0. The summed E-state index contributed by atoms with van der Waals surface area (Å²) in [6.07, 6.45) is 2.90. The highest BCUT2D eigenvalue weighted by atomic mass is 19.1. The number of nitro groups is 1. The van der Waals surface area contributed by atoms with E-state index in [0.717, 1.165) is 37.8 Å². The van der Waals surface area contributed by atoms with E-state index in [2.05, 4.69) is 5.32 Å². The number of carbonyl (C=O) groups is 1. The van der Waals surface area contributed by atoms with Crippen LogP contribution in [-0.2, 0) is 0 Å². The molecule has 21 heavy (non-hydrogen) atoms. The summed E-state index contributed by atoms with van der Waals surface area (Å²) in [7, 11) is 0. The number of nitrogens with one attached hydrogen (secondary N) is 1. The van der Waals surface area contributed by atoms with E-state index in [0.29, 0.717) is 12.5 Å². The molecular formula is C14H17FN2O4. The number of hydrogen-bond donors (Lipinski definition) is 2. The molecule has 0 atom stereocenters. The Balaban J connectivity index is 1.91. The minimum Gasteiger partial charge on any atom is -0.393 e. The molecule has 1 amide bonds. The zero-order valence-corrected chi connectivity index (χ0v) is 11.4. The number of benzene rings is 1. The van der Waals surface area contributed by atoms with Gasteiger partial charge >= 0.3 is 5.69 Å². The van der Waals surface area contributed by atoms with Gasteiger partial charge in [-0.25, -0.2) is 0 Å². The highest BCUT2D eigenvalue weighted by Gasteiger charge is 2.21. The van der Waals surface area contributed by atoms with Crippen LogP contribution >= 0.6 is 0 Å². The Hall–Kier alpha value is -2.02. The maximum atomic E-state index is 13.4. The molecule has 7 heteroatoms. The molecule has 1 saturated carbocycles. The smallest absolute Gasteiger partial charge is 0.304 e. The van der Waals surface area contributed by atoms with Gasteiger partial charge in [0, 0.05) is 18.2 Å². The largest absolute Gasteiger partial charge is 0.393 e. The van der Waals surface area contributed by atoms with E-state index in [1.165, 1.54) is 6.07 Å². The quantitative estimate of drug-likeness (QED) is 0.656. The lowest BCUT2D eigenvalue weighted by atomic mass is 9.87. The minimum atomic E-state index is -1.02. The van der Waals surface area contributed by atoms with Gasteiger partial charge in [-0.1, -0.05) is 0 Å². The Bertz CT molecular complexity index is 542. The molecule has 0 heterocycles. The molecular weight excluding hydrogens is 279 g/mol. The molecule has 0 aromatic heterocycles. The monoisotopic (exact) mass is 296 g/mol. The maximum absolute atomic E-state index is 13.4. The zero-order chi connectivity index (χ0) is 15.4. The van der Waals surface area contributed by atoms with Crippen molar-refractivity contribution >= 4 is 11.6 Å². The van der Waals surface area contributed by atoms with Gasteiger partial charge in [0.05, 0.1) is 11.0 Å². The third kappa shape index (κ3) is 3.98. The molecule has 6 nitrogen and oxygen atoms in total. The van der Waals surface area contributed by atoms with E-state index < -0.39 is 22.3 Å². The lowest BCUT2D eigenvalue weighted by molar-refractivity contribution is -0.387. The highest BCUT2D eigenvalue weighted by molar-refractivity contribution is 5.94. The van der Waals surface area contributed by atoms with Crippen LogP contribution in [0.3, 0.4) is 0 Å². The number of aliphatic hydroxyl groups is 1. The van der Waals surface area contributed by atoms with Crippen molar-refractivity contribution < 1.29 is 19.2 Å². The molecule has 0 aliphatic heterocycles. The molecule has 1 aromatic carbocycles. The Labute approximate surface area is 121 Å². The SMILES string of the molecule is O=C(NCC1CCC(O)CC1)c1ccc([N+](=O)[O-])c(F)c1. The molecule has 2 N–H and O–H groups in total. The second-order valence-electron chi connectivity index (χ2n) is 5.31. The standard InChI is InChI=1S/C14H17FN2O4/c15-12-7-10(3-6-13(12)17(20)21)14(19)16-8-9-1-4-11(18)5-2-9/h3,6-7,9,11,18H,1-2,4-5,8H2,(H,16,19). The highest BCUT2D eigenvalue weighted by Crippen LogP contribution is 2.23. The van der Waals surface area contributed by atoms with Crippen LogP contribution in [0.5, 0.6) is 0 Å². The summed E-state index contributed by atoms with van der Waals surface area (Å²) < 4.78 is 13.4. The van der Waals surface area contributed by atoms with E-state index in [1.54, 1.807) is 0 Å². The van der Waals surface area contributed by atoms with Crippen LogP contribution < -0.4 is 5.32 Å². The van der Waals surface area contributed by atoms with Gasteiger partial charge in [-0.3, -0.25) is 14.9 Å². The number of carbonyl (C=O) groups excluding carboxylic acids is 1. The Morgan fingerprint density at radius 2 is 2.05 bits per heavy atom. The second kappa shape index (κ2) is 6.62. The first kappa shape index (κ1) is 15.4. The minimum absolute atomic E-state index is 0.0638.